The first kappa shape index (κ1) is 18.9. The second-order valence-corrected chi connectivity index (χ2v) is 9.01. The maximum atomic E-state index is 6.69. The number of benzene rings is 4. The van der Waals surface area contributed by atoms with Crippen molar-refractivity contribution in [2.45, 2.75) is 18.7 Å². The van der Waals surface area contributed by atoms with Crippen molar-refractivity contribution >= 4 is 26.7 Å². The predicted octanol–water partition coefficient (Wildman–Crippen LogP) is 6.65. The zero-order valence-electron chi connectivity index (χ0n) is 17.2. The molecule has 2 unspecified atom stereocenters. The highest BCUT2D eigenvalue weighted by Crippen LogP contribution is 2.50. The van der Waals surface area contributed by atoms with Gasteiger partial charge < -0.3 is 9.47 Å². The molecule has 0 aromatic heterocycles. The van der Waals surface area contributed by atoms with E-state index < -0.39 is 0 Å². The predicted molar refractivity (Wildman–Crippen MR) is 127 cm³/mol. The average Bonchev–Trinajstić information content (AvgIpc) is 2.82. The number of ether oxygens (including phenoxy) is 2. The minimum Gasteiger partial charge on any atom is -0.496 e. The summed E-state index contributed by atoms with van der Waals surface area (Å²) in [6, 6.07) is 28.1. The van der Waals surface area contributed by atoms with Crippen molar-refractivity contribution in [3.8, 4) is 11.5 Å². The first-order valence-corrected chi connectivity index (χ1v) is 11.4. The van der Waals surface area contributed by atoms with E-state index in [1.165, 1.54) is 33.0 Å². The monoisotopic (exact) mass is 471 g/mol. The number of hydrogen-bond acceptors (Lipinski definition) is 3. The van der Waals surface area contributed by atoms with Crippen LogP contribution in [0, 0.1) is 0 Å². The molecule has 0 aliphatic carbocycles. The second-order valence-electron chi connectivity index (χ2n) is 8.15. The van der Waals surface area contributed by atoms with E-state index in [9.17, 15) is 0 Å². The topological polar surface area (TPSA) is 21.7 Å². The van der Waals surface area contributed by atoms with Crippen molar-refractivity contribution < 1.29 is 9.47 Å². The van der Waals surface area contributed by atoms with Gasteiger partial charge in [-0.25, -0.2) is 0 Å². The van der Waals surface area contributed by atoms with E-state index in [2.05, 4.69) is 93.6 Å². The Hall–Kier alpha value is -2.82. The number of fused-ring (bicyclic) bond motifs is 6. The van der Waals surface area contributed by atoms with Gasteiger partial charge in [-0.15, -0.1) is 0 Å². The quantitative estimate of drug-likeness (QED) is 0.326. The maximum Gasteiger partial charge on any atom is 0.180 e. The summed E-state index contributed by atoms with van der Waals surface area (Å²) >= 11 is 3.70. The third-order valence-electron chi connectivity index (χ3n) is 6.53. The Kier molecular flexibility index (Phi) is 4.51. The van der Waals surface area contributed by atoms with E-state index in [0.29, 0.717) is 0 Å². The Bertz CT molecular complexity index is 1300. The van der Waals surface area contributed by atoms with Crippen molar-refractivity contribution in [1.82, 2.24) is 4.90 Å². The molecule has 6 rings (SSSR count). The minimum absolute atomic E-state index is 0.0930. The van der Waals surface area contributed by atoms with Crippen LogP contribution in [0.15, 0.2) is 83.3 Å². The molecule has 0 radical (unpaired) electrons. The van der Waals surface area contributed by atoms with Gasteiger partial charge in [-0.1, -0.05) is 60.7 Å². The summed E-state index contributed by atoms with van der Waals surface area (Å²) in [5, 5.41) is 2.48. The minimum atomic E-state index is -0.0931. The van der Waals surface area contributed by atoms with Crippen LogP contribution < -0.4 is 9.47 Å². The lowest BCUT2D eigenvalue weighted by atomic mass is 9.87. The van der Waals surface area contributed by atoms with E-state index in [-0.39, 0.29) is 12.3 Å². The first-order valence-electron chi connectivity index (χ1n) is 10.6. The third-order valence-corrected chi connectivity index (χ3v) is 7.15. The Balaban J connectivity index is 1.60. The van der Waals surface area contributed by atoms with Crippen LogP contribution in [0.4, 0.5) is 0 Å². The van der Waals surface area contributed by atoms with Gasteiger partial charge in [-0.05, 0) is 62.4 Å². The van der Waals surface area contributed by atoms with E-state index >= 15 is 0 Å². The fourth-order valence-corrected chi connectivity index (χ4v) is 5.66. The molecule has 0 saturated heterocycles. The van der Waals surface area contributed by atoms with Gasteiger partial charge >= 0.3 is 0 Å². The zero-order valence-corrected chi connectivity index (χ0v) is 18.8. The number of hydrogen-bond donors (Lipinski definition) is 0. The molecule has 0 spiro atoms. The smallest absolute Gasteiger partial charge is 0.180 e. The third kappa shape index (κ3) is 2.97. The van der Waals surface area contributed by atoms with Crippen molar-refractivity contribution in [3.63, 3.8) is 0 Å². The molecule has 0 bridgehead atoms. The summed E-state index contributed by atoms with van der Waals surface area (Å²) in [4.78, 5) is 2.51. The summed E-state index contributed by atoms with van der Waals surface area (Å²) in [6.45, 7) is 0.943. The van der Waals surface area contributed by atoms with Crippen molar-refractivity contribution in [1.29, 1.82) is 0 Å². The second kappa shape index (κ2) is 7.40. The molecule has 31 heavy (non-hydrogen) atoms. The van der Waals surface area contributed by atoms with Gasteiger partial charge in [0, 0.05) is 17.7 Å². The normalized spacial score (nSPS) is 19.8. The van der Waals surface area contributed by atoms with Crippen LogP contribution in [0.2, 0.25) is 0 Å². The molecule has 0 fully saturated rings. The largest absolute Gasteiger partial charge is 0.496 e. The van der Waals surface area contributed by atoms with E-state index in [4.69, 9.17) is 9.47 Å². The highest BCUT2D eigenvalue weighted by atomic mass is 79.9. The van der Waals surface area contributed by atoms with Crippen molar-refractivity contribution in [2.75, 3.05) is 13.7 Å². The van der Waals surface area contributed by atoms with Gasteiger partial charge in [0.25, 0.3) is 0 Å². The van der Waals surface area contributed by atoms with Gasteiger partial charge in [0.05, 0.1) is 17.6 Å². The van der Waals surface area contributed by atoms with E-state index in [1.807, 2.05) is 6.07 Å². The molecule has 0 amide bonds. The summed E-state index contributed by atoms with van der Waals surface area (Å²) in [7, 11) is 1.70. The lowest BCUT2D eigenvalue weighted by Crippen LogP contribution is -2.44. The number of rotatable bonds is 2. The lowest BCUT2D eigenvalue weighted by Gasteiger charge is -2.46. The summed E-state index contributed by atoms with van der Waals surface area (Å²) in [5.74, 6) is 1.81. The molecule has 2 aliphatic rings. The van der Waals surface area contributed by atoms with E-state index in [1.54, 1.807) is 7.11 Å². The molecule has 4 aromatic rings. The highest BCUT2D eigenvalue weighted by molar-refractivity contribution is 9.10. The standard InChI is InChI=1S/C27H22BrNO2/c1-30-23-12-11-19(16-22(23)28)26-25-20-8-4-2-6-17(20)10-13-24(25)31-27-21-9-5-3-7-18(21)14-15-29(26)27/h2-13,16,26-27H,14-15H2,1H3. The molecule has 4 heteroatoms. The van der Waals surface area contributed by atoms with Gasteiger partial charge in [0.2, 0.25) is 0 Å². The van der Waals surface area contributed by atoms with Gasteiger partial charge in [0.1, 0.15) is 11.5 Å². The van der Waals surface area contributed by atoms with Gasteiger partial charge in [-0.3, -0.25) is 4.90 Å². The fourth-order valence-electron chi connectivity index (χ4n) is 5.10. The number of nitrogens with zero attached hydrogens (tertiary/aromatic N) is 1. The van der Waals surface area contributed by atoms with Gasteiger partial charge in [0.15, 0.2) is 6.23 Å². The van der Waals surface area contributed by atoms with Crippen LogP contribution in [-0.4, -0.2) is 18.6 Å². The molecular weight excluding hydrogens is 450 g/mol. The Morgan fingerprint density at radius 2 is 1.81 bits per heavy atom. The summed E-state index contributed by atoms with van der Waals surface area (Å²) in [6.07, 6.45) is 0.925. The molecule has 2 heterocycles. The van der Waals surface area contributed by atoms with Crippen molar-refractivity contribution in [3.05, 3.63) is 106 Å². The summed E-state index contributed by atoms with van der Waals surface area (Å²) < 4.78 is 13.1. The summed E-state index contributed by atoms with van der Waals surface area (Å²) in [5.41, 5.74) is 5.12. The molecule has 4 aromatic carbocycles. The fraction of sp³-hybridized carbons (Fsp3) is 0.185. The van der Waals surface area contributed by atoms with Crippen LogP contribution in [0.5, 0.6) is 11.5 Å². The van der Waals surface area contributed by atoms with Crippen LogP contribution in [0.1, 0.15) is 34.5 Å². The number of methoxy groups -OCH3 is 1. The van der Waals surface area contributed by atoms with Gasteiger partial charge in [-0.2, -0.15) is 0 Å². The number of halogens is 1. The lowest BCUT2D eigenvalue weighted by molar-refractivity contribution is -0.0260. The van der Waals surface area contributed by atoms with Crippen molar-refractivity contribution in [2.24, 2.45) is 0 Å². The molecule has 2 atom stereocenters. The average molecular weight is 472 g/mol. The first-order chi connectivity index (χ1) is 15.2. The molecular formula is C27H22BrNO2. The molecule has 0 N–H and O–H groups in total. The molecule has 0 saturated carbocycles. The van der Waals surface area contributed by atoms with Crippen LogP contribution in [0.25, 0.3) is 10.8 Å². The Morgan fingerprint density at radius 3 is 2.68 bits per heavy atom. The Morgan fingerprint density at radius 1 is 0.968 bits per heavy atom. The molecule has 3 nitrogen and oxygen atoms in total. The zero-order chi connectivity index (χ0) is 20.9. The van der Waals surface area contributed by atoms with Crippen LogP contribution in [-0.2, 0) is 6.42 Å². The molecule has 2 aliphatic heterocycles. The maximum absolute atomic E-state index is 6.69. The van der Waals surface area contributed by atoms with Crippen LogP contribution >= 0.6 is 15.9 Å². The van der Waals surface area contributed by atoms with Crippen LogP contribution in [0.3, 0.4) is 0 Å². The molecule has 154 valence electrons. The van der Waals surface area contributed by atoms with E-state index in [0.717, 1.165) is 28.9 Å². The SMILES string of the molecule is COc1ccc(C2c3c(ccc4ccccc34)OC3c4ccccc4CCN32)cc1Br. The Labute approximate surface area is 190 Å². The highest BCUT2D eigenvalue weighted by Gasteiger charge is 2.41.